The Hall–Kier alpha value is -0.800. The van der Waals surface area contributed by atoms with Gasteiger partial charge in [-0.3, -0.25) is 0 Å². The van der Waals surface area contributed by atoms with Gasteiger partial charge in [0.25, 0.3) is 0 Å². The first-order valence-electron chi connectivity index (χ1n) is 6.98. The lowest BCUT2D eigenvalue weighted by Crippen LogP contribution is -2.27. The molecule has 1 saturated carbocycles. The molecule has 0 aliphatic heterocycles. The topological polar surface area (TPSA) is 20.7 Å². The van der Waals surface area contributed by atoms with Gasteiger partial charge in [0, 0.05) is 6.04 Å². The molecule has 3 rings (SSSR count). The number of halogens is 1. The van der Waals surface area contributed by atoms with Crippen molar-refractivity contribution in [3.05, 3.63) is 28.0 Å². The van der Waals surface area contributed by atoms with Gasteiger partial charge in [0.15, 0.2) is 4.77 Å². The molecule has 2 nitrogen and oxygen atoms in total. The van der Waals surface area contributed by atoms with E-state index >= 15 is 0 Å². The molecule has 2 aromatic rings. The van der Waals surface area contributed by atoms with E-state index in [2.05, 4.69) is 29.5 Å². The summed E-state index contributed by atoms with van der Waals surface area (Å²) < 4.78 is 3.09. The Morgan fingerprint density at radius 2 is 2.11 bits per heavy atom. The van der Waals surface area contributed by atoms with E-state index in [4.69, 9.17) is 23.8 Å². The summed E-state index contributed by atoms with van der Waals surface area (Å²) in [6, 6.07) is 6.51. The zero-order chi connectivity index (χ0) is 13.6. The Labute approximate surface area is 123 Å². The molecule has 102 valence electrons. The maximum absolute atomic E-state index is 6.26. The number of benzene rings is 1. The van der Waals surface area contributed by atoms with Crippen molar-refractivity contribution in [1.82, 2.24) is 9.55 Å². The maximum atomic E-state index is 6.26. The number of fused-ring (bicyclic) bond motifs is 1. The lowest BCUT2D eigenvalue weighted by atomic mass is 9.78. The highest BCUT2D eigenvalue weighted by atomic mass is 35.5. The zero-order valence-electron chi connectivity index (χ0n) is 11.3. The minimum Gasteiger partial charge on any atom is -0.329 e. The van der Waals surface area contributed by atoms with E-state index < -0.39 is 0 Å². The molecule has 0 amide bonds. The fraction of sp³-hybridized carbons (Fsp3) is 0.533. The van der Waals surface area contributed by atoms with Gasteiger partial charge in [-0.1, -0.05) is 44.4 Å². The molecule has 1 aliphatic carbocycles. The summed E-state index contributed by atoms with van der Waals surface area (Å²) in [5, 5.41) is 0.749. The van der Waals surface area contributed by atoms with Crippen LogP contribution in [0.1, 0.15) is 39.2 Å². The molecule has 0 spiro atoms. The van der Waals surface area contributed by atoms with Crippen LogP contribution in [0.5, 0.6) is 0 Å². The first kappa shape index (κ1) is 13.2. The molecule has 1 aliphatic rings. The van der Waals surface area contributed by atoms with Gasteiger partial charge in [-0.05, 0) is 42.6 Å². The number of H-pyrrole nitrogens is 1. The van der Waals surface area contributed by atoms with Crippen LogP contribution in [0.2, 0.25) is 5.02 Å². The Morgan fingerprint density at radius 1 is 1.32 bits per heavy atom. The van der Waals surface area contributed by atoms with Crippen LogP contribution in [0.4, 0.5) is 0 Å². The van der Waals surface area contributed by atoms with Crippen LogP contribution in [-0.2, 0) is 0 Å². The Morgan fingerprint density at radius 3 is 2.89 bits per heavy atom. The van der Waals surface area contributed by atoms with Crippen LogP contribution in [0, 0.1) is 16.6 Å². The van der Waals surface area contributed by atoms with E-state index in [-0.39, 0.29) is 0 Å². The summed E-state index contributed by atoms with van der Waals surface area (Å²) >= 11 is 11.8. The van der Waals surface area contributed by atoms with Gasteiger partial charge < -0.3 is 9.55 Å². The summed E-state index contributed by atoms with van der Waals surface area (Å²) in [5.41, 5.74) is 2.11. The van der Waals surface area contributed by atoms with Crippen molar-refractivity contribution < 1.29 is 0 Å². The average molecular weight is 295 g/mol. The van der Waals surface area contributed by atoms with Crippen molar-refractivity contribution in [3.8, 4) is 0 Å². The van der Waals surface area contributed by atoms with E-state index in [1.807, 2.05) is 12.1 Å². The van der Waals surface area contributed by atoms with Gasteiger partial charge in [-0.2, -0.15) is 0 Å². The zero-order valence-corrected chi connectivity index (χ0v) is 12.9. The van der Waals surface area contributed by atoms with Gasteiger partial charge in [0.2, 0.25) is 0 Å². The van der Waals surface area contributed by atoms with E-state index in [0.29, 0.717) is 12.0 Å². The molecule has 4 heteroatoms. The quantitative estimate of drug-likeness (QED) is 0.703. The van der Waals surface area contributed by atoms with E-state index in [1.54, 1.807) is 0 Å². The number of imidazole rings is 1. The van der Waals surface area contributed by atoms with Gasteiger partial charge in [-0.15, -0.1) is 0 Å². The molecular formula is C15H19ClN2S. The second-order valence-corrected chi connectivity index (χ2v) is 6.56. The van der Waals surface area contributed by atoms with Crippen molar-refractivity contribution in [2.75, 3.05) is 0 Å². The summed E-state index contributed by atoms with van der Waals surface area (Å²) in [5.74, 6) is 1.41. The molecule has 1 fully saturated rings. The van der Waals surface area contributed by atoms with Crippen molar-refractivity contribution in [1.29, 1.82) is 0 Å². The fourth-order valence-electron chi connectivity index (χ4n) is 3.36. The summed E-state index contributed by atoms with van der Waals surface area (Å²) in [6.07, 6.45) is 3.82. The standard InChI is InChI=1S/C15H19ClN2S/c1-9-5-3-7-12(10(9)2)18-13-8-4-6-11(16)14(13)17-15(18)19/h4,6,8-10,12H,3,5,7H2,1-2H3,(H,17,19). The van der Waals surface area contributed by atoms with E-state index in [1.165, 1.54) is 19.3 Å². The second-order valence-electron chi connectivity index (χ2n) is 5.77. The number of rotatable bonds is 1. The largest absolute Gasteiger partial charge is 0.329 e. The van der Waals surface area contributed by atoms with Crippen molar-refractivity contribution in [3.63, 3.8) is 0 Å². The Bertz CT molecular complexity index is 658. The number of hydrogen-bond donors (Lipinski definition) is 1. The molecule has 0 radical (unpaired) electrons. The third kappa shape index (κ3) is 2.13. The number of para-hydroxylation sites is 1. The van der Waals surface area contributed by atoms with Gasteiger partial charge in [0.05, 0.1) is 16.1 Å². The second kappa shape index (κ2) is 4.95. The third-order valence-electron chi connectivity index (χ3n) is 4.70. The lowest BCUT2D eigenvalue weighted by Gasteiger charge is -2.35. The first-order valence-corrected chi connectivity index (χ1v) is 7.77. The molecule has 3 atom stereocenters. The van der Waals surface area contributed by atoms with Crippen LogP contribution in [0.25, 0.3) is 11.0 Å². The molecule has 1 heterocycles. The molecule has 3 unspecified atom stereocenters. The molecule has 19 heavy (non-hydrogen) atoms. The van der Waals surface area contributed by atoms with Gasteiger partial charge >= 0.3 is 0 Å². The molecule has 1 aromatic heterocycles. The molecule has 0 saturated heterocycles. The monoisotopic (exact) mass is 294 g/mol. The predicted octanol–water partition coefficient (Wildman–Crippen LogP) is 5.35. The van der Waals surface area contributed by atoms with Gasteiger partial charge in [0.1, 0.15) is 0 Å². The maximum Gasteiger partial charge on any atom is 0.178 e. The number of aromatic amines is 1. The summed E-state index contributed by atoms with van der Waals surface area (Å²) in [6.45, 7) is 4.70. The van der Waals surface area contributed by atoms with Gasteiger partial charge in [-0.25, -0.2) is 0 Å². The fourth-order valence-corrected chi connectivity index (χ4v) is 3.91. The lowest BCUT2D eigenvalue weighted by molar-refractivity contribution is 0.188. The highest BCUT2D eigenvalue weighted by Gasteiger charge is 2.29. The normalized spacial score (nSPS) is 27.8. The Kier molecular flexibility index (Phi) is 3.44. The van der Waals surface area contributed by atoms with Crippen molar-refractivity contribution in [2.24, 2.45) is 11.8 Å². The van der Waals surface area contributed by atoms with E-state index in [0.717, 1.165) is 26.7 Å². The highest BCUT2D eigenvalue weighted by molar-refractivity contribution is 7.71. The van der Waals surface area contributed by atoms with E-state index in [9.17, 15) is 0 Å². The minimum absolute atomic E-state index is 0.489. The minimum atomic E-state index is 0.489. The number of aromatic nitrogens is 2. The smallest absolute Gasteiger partial charge is 0.178 e. The molecular weight excluding hydrogens is 276 g/mol. The molecule has 0 bridgehead atoms. The van der Waals surface area contributed by atoms with Crippen LogP contribution in [0.3, 0.4) is 0 Å². The third-order valence-corrected chi connectivity index (χ3v) is 5.31. The highest BCUT2D eigenvalue weighted by Crippen LogP contribution is 2.39. The predicted molar refractivity (Wildman–Crippen MR) is 83.3 cm³/mol. The van der Waals surface area contributed by atoms with Crippen LogP contribution in [0.15, 0.2) is 18.2 Å². The SMILES string of the molecule is CC1CCCC(n2c(=S)[nH]c3c(Cl)cccc32)C1C. The Balaban J connectivity index is 2.17. The molecule has 1 aromatic carbocycles. The average Bonchev–Trinajstić information content (AvgIpc) is 2.71. The number of nitrogens with one attached hydrogen (secondary N) is 1. The number of hydrogen-bond acceptors (Lipinski definition) is 1. The summed E-state index contributed by atoms with van der Waals surface area (Å²) in [7, 11) is 0. The molecule has 1 N–H and O–H groups in total. The van der Waals surface area contributed by atoms with Crippen LogP contribution < -0.4 is 0 Å². The van der Waals surface area contributed by atoms with Crippen LogP contribution >= 0.6 is 23.8 Å². The van der Waals surface area contributed by atoms with Crippen LogP contribution in [-0.4, -0.2) is 9.55 Å². The first-order chi connectivity index (χ1) is 9.09. The summed E-state index contributed by atoms with van der Waals surface area (Å²) in [4.78, 5) is 3.27. The number of nitrogens with zero attached hydrogens (tertiary/aromatic N) is 1. The van der Waals surface area contributed by atoms with Crippen molar-refractivity contribution in [2.45, 2.75) is 39.2 Å². The van der Waals surface area contributed by atoms with Crippen molar-refractivity contribution >= 4 is 34.9 Å².